The van der Waals surface area contributed by atoms with Crippen molar-refractivity contribution >= 4 is 17.5 Å². The minimum absolute atomic E-state index is 0.160. The smallest absolute Gasteiger partial charge is 0.235 e. The van der Waals surface area contributed by atoms with Crippen LogP contribution >= 0.6 is 11.6 Å². The van der Waals surface area contributed by atoms with E-state index in [1.165, 1.54) is 20.3 Å². The van der Waals surface area contributed by atoms with Gasteiger partial charge in [-0.25, -0.2) is 0 Å². The molecular formula is C22H24ClNO6. The summed E-state index contributed by atoms with van der Waals surface area (Å²) in [4.78, 5) is 24.6. The van der Waals surface area contributed by atoms with Gasteiger partial charge >= 0.3 is 0 Å². The van der Waals surface area contributed by atoms with Crippen molar-refractivity contribution in [1.29, 1.82) is 0 Å². The van der Waals surface area contributed by atoms with Crippen LogP contribution in [0.1, 0.15) is 23.6 Å². The number of halogens is 1. The Balaban J connectivity index is 2.39. The quantitative estimate of drug-likeness (QED) is 0.705. The summed E-state index contributed by atoms with van der Waals surface area (Å²) < 4.78 is 22.1. The lowest BCUT2D eigenvalue weighted by Gasteiger charge is -2.20. The summed E-state index contributed by atoms with van der Waals surface area (Å²) >= 11 is 5.73. The maximum atomic E-state index is 12.5. The molecule has 8 heteroatoms. The van der Waals surface area contributed by atoms with Gasteiger partial charge in [0, 0.05) is 5.56 Å². The number of alkyl halides is 1. The summed E-state index contributed by atoms with van der Waals surface area (Å²) in [7, 11) is 6.09. The molecule has 30 heavy (non-hydrogen) atoms. The standard InChI is InChI=1S/C22H24ClNO6/c1-27-17-10-14-13(6-8-16(17)25)20-12(5-7-15(14)24-19(26)11-23)9-18(28-2)21(29-3)22(20)30-4/h6,8-10,15H,5,7,11H2,1-4H3,(H,24,26). The first kappa shape index (κ1) is 21.8. The molecule has 2 aromatic carbocycles. The number of carbonyl (C=O) groups excluding carboxylic acids is 1. The molecule has 0 heterocycles. The van der Waals surface area contributed by atoms with Crippen molar-refractivity contribution in [1.82, 2.24) is 5.32 Å². The summed E-state index contributed by atoms with van der Waals surface area (Å²) in [6.45, 7) is 0. The first-order valence-electron chi connectivity index (χ1n) is 9.38. The average molecular weight is 434 g/mol. The molecule has 160 valence electrons. The zero-order chi connectivity index (χ0) is 21.8. The Bertz CT molecular complexity index is 1020. The molecule has 1 N–H and O–H groups in total. The number of benzene rings is 1. The van der Waals surface area contributed by atoms with Gasteiger partial charge in [-0.1, -0.05) is 0 Å². The number of fused-ring (bicyclic) bond motifs is 3. The van der Waals surface area contributed by atoms with Crippen LogP contribution in [0, 0.1) is 0 Å². The number of methoxy groups -OCH3 is 4. The Morgan fingerprint density at radius 3 is 2.33 bits per heavy atom. The van der Waals surface area contributed by atoms with E-state index >= 15 is 0 Å². The van der Waals surface area contributed by atoms with E-state index in [0.29, 0.717) is 30.1 Å². The van der Waals surface area contributed by atoms with Gasteiger partial charge in [0.15, 0.2) is 17.2 Å². The maximum absolute atomic E-state index is 12.5. The Morgan fingerprint density at radius 2 is 1.73 bits per heavy atom. The van der Waals surface area contributed by atoms with Gasteiger partial charge in [-0.2, -0.15) is 0 Å². The van der Waals surface area contributed by atoms with Gasteiger partial charge in [-0.05, 0) is 53.8 Å². The van der Waals surface area contributed by atoms with Gasteiger partial charge in [-0.15, -0.1) is 11.6 Å². The molecule has 7 nitrogen and oxygen atoms in total. The molecule has 0 bridgehead atoms. The first-order valence-corrected chi connectivity index (χ1v) is 9.92. The highest BCUT2D eigenvalue weighted by Gasteiger charge is 2.29. The van der Waals surface area contributed by atoms with Gasteiger partial charge in [0.05, 0.1) is 34.5 Å². The van der Waals surface area contributed by atoms with Crippen LogP contribution in [-0.4, -0.2) is 40.2 Å². The third kappa shape index (κ3) is 3.89. The maximum Gasteiger partial charge on any atom is 0.235 e. The normalized spacial score (nSPS) is 14.6. The molecule has 0 aliphatic heterocycles. The highest BCUT2D eigenvalue weighted by atomic mass is 35.5. The number of rotatable bonds is 6. The number of carbonyl (C=O) groups is 1. The molecule has 1 aliphatic rings. The van der Waals surface area contributed by atoms with Crippen molar-refractivity contribution < 1.29 is 23.7 Å². The average Bonchev–Trinajstić information content (AvgIpc) is 3.01. The van der Waals surface area contributed by atoms with E-state index in [1.807, 2.05) is 6.07 Å². The van der Waals surface area contributed by atoms with Crippen LogP contribution in [0.25, 0.3) is 11.1 Å². The van der Waals surface area contributed by atoms with Crippen LogP contribution in [0.15, 0.2) is 29.1 Å². The van der Waals surface area contributed by atoms with E-state index in [1.54, 1.807) is 26.4 Å². The SMILES string of the molecule is COc1cc2c(c(OC)c1OC)-c1ccc(=O)c(OC)cc1C(NC(=O)CCl)CC2. The molecule has 0 fully saturated rings. The van der Waals surface area contributed by atoms with Crippen molar-refractivity contribution in [2.24, 2.45) is 0 Å². The molecule has 0 aromatic heterocycles. The molecular weight excluding hydrogens is 410 g/mol. The predicted molar refractivity (Wildman–Crippen MR) is 114 cm³/mol. The first-order chi connectivity index (χ1) is 14.5. The zero-order valence-corrected chi connectivity index (χ0v) is 18.1. The Kier molecular flexibility index (Phi) is 6.72. The molecule has 1 amide bonds. The fraction of sp³-hybridized carbons (Fsp3) is 0.364. The van der Waals surface area contributed by atoms with Gasteiger partial charge in [0.1, 0.15) is 5.88 Å². The molecule has 0 radical (unpaired) electrons. The van der Waals surface area contributed by atoms with E-state index in [0.717, 1.165) is 22.3 Å². The second kappa shape index (κ2) is 9.26. The fourth-order valence-electron chi connectivity index (χ4n) is 3.84. The second-order valence-electron chi connectivity index (χ2n) is 6.75. The lowest BCUT2D eigenvalue weighted by atomic mass is 9.95. The number of amides is 1. The summed E-state index contributed by atoms with van der Waals surface area (Å²) in [6, 6.07) is 6.36. The molecule has 1 unspecified atom stereocenters. The molecule has 0 saturated heterocycles. The monoisotopic (exact) mass is 433 g/mol. The Labute approximate surface area is 179 Å². The van der Waals surface area contributed by atoms with Crippen molar-refractivity contribution in [3.63, 3.8) is 0 Å². The lowest BCUT2D eigenvalue weighted by molar-refractivity contribution is -0.119. The van der Waals surface area contributed by atoms with Crippen LogP contribution in [-0.2, 0) is 11.2 Å². The highest BCUT2D eigenvalue weighted by Crippen LogP contribution is 2.50. The van der Waals surface area contributed by atoms with E-state index in [-0.39, 0.29) is 29.0 Å². The van der Waals surface area contributed by atoms with Gasteiger partial charge in [0.25, 0.3) is 0 Å². The Morgan fingerprint density at radius 1 is 1.03 bits per heavy atom. The summed E-state index contributed by atoms with van der Waals surface area (Å²) in [6.07, 6.45) is 1.22. The minimum Gasteiger partial charge on any atom is -0.493 e. The van der Waals surface area contributed by atoms with Crippen LogP contribution in [0.2, 0.25) is 0 Å². The third-order valence-electron chi connectivity index (χ3n) is 5.18. The molecule has 0 spiro atoms. The van der Waals surface area contributed by atoms with Gasteiger partial charge < -0.3 is 24.3 Å². The van der Waals surface area contributed by atoms with Gasteiger partial charge in [0.2, 0.25) is 17.1 Å². The van der Waals surface area contributed by atoms with Crippen LogP contribution in [0.3, 0.4) is 0 Å². The Hall–Kier alpha value is -2.93. The number of ether oxygens (including phenoxy) is 4. The zero-order valence-electron chi connectivity index (χ0n) is 17.3. The summed E-state index contributed by atoms with van der Waals surface area (Å²) in [5.74, 6) is 1.22. The fourth-order valence-corrected chi connectivity index (χ4v) is 3.92. The van der Waals surface area contributed by atoms with E-state index in [4.69, 9.17) is 30.5 Å². The topological polar surface area (TPSA) is 83.1 Å². The second-order valence-corrected chi connectivity index (χ2v) is 7.02. The molecule has 1 atom stereocenters. The number of nitrogens with one attached hydrogen (secondary N) is 1. The number of hydrogen-bond donors (Lipinski definition) is 1. The van der Waals surface area contributed by atoms with Crippen molar-refractivity contribution in [3.05, 3.63) is 45.6 Å². The van der Waals surface area contributed by atoms with Gasteiger partial charge in [-0.3, -0.25) is 9.59 Å². The highest BCUT2D eigenvalue weighted by molar-refractivity contribution is 6.27. The molecule has 3 rings (SSSR count). The van der Waals surface area contributed by atoms with Crippen LogP contribution in [0.5, 0.6) is 23.0 Å². The van der Waals surface area contributed by atoms with E-state index in [9.17, 15) is 9.59 Å². The predicted octanol–water partition coefficient (Wildman–Crippen LogP) is 3.09. The van der Waals surface area contributed by atoms with Crippen LogP contribution in [0.4, 0.5) is 0 Å². The minimum atomic E-state index is -0.374. The third-order valence-corrected chi connectivity index (χ3v) is 5.42. The van der Waals surface area contributed by atoms with E-state index in [2.05, 4.69) is 5.32 Å². The van der Waals surface area contributed by atoms with E-state index < -0.39 is 0 Å². The molecule has 2 aromatic rings. The summed E-state index contributed by atoms with van der Waals surface area (Å²) in [5, 5.41) is 2.95. The van der Waals surface area contributed by atoms with Crippen molar-refractivity contribution in [2.75, 3.05) is 34.3 Å². The number of aryl methyl sites for hydroxylation is 1. The summed E-state index contributed by atoms with van der Waals surface area (Å²) in [5.41, 5.74) is 2.93. The largest absolute Gasteiger partial charge is 0.493 e. The lowest BCUT2D eigenvalue weighted by Crippen LogP contribution is -2.29. The van der Waals surface area contributed by atoms with Crippen LogP contribution < -0.4 is 29.7 Å². The van der Waals surface area contributed by atoms with Crippen molar-refractivity contribution in [2.45, 2.75) is 18.9 Å². The molecule has 1 aliphatic carbocycles. The number of hydrogen-bond acceptors (Lipinski definition) is 6. The van der Waals surface area contributed by atoms with Crippen molar-refractivity contribution in [3.8, 4) is 34.1 Å². The molecule has 0 saturated carbocycles.